The van der Waals surface area contributed by atoms with Crippen LogP contribution >= 0.6 is 0 Å². The van der Waals surface area contributed by atoms with Crippen LogP contribution in [0.1, 0.15) is 40.5 Å². The summed E-state index contributed by atoms with van der Waals surface area (Å²) in [5.74, 6) is -1.55. The molecule has 5 rings (SSSR count). The number of halogens is 5. The van der Waals surface area contributed by atoms with Gasteiger partial charge < -0.3 is 0 Å². The Hall–Kier alpha value is -2.09. The Morgan fingerprint density at radius 2 is 1.28 bits per heavy atom. The zero-order valence-corrected chi connectivity index (χ0v) is 17.5. The smallest absolute Gasteiger partial charge is 0.281 e. The number of hydrogen-bond donors (Lipinski definition) is 1. The molecule has 0 aliphatic heterocycles. The Morgan fingerprint density at radius 1 is 0.844 bits per heavy atom. The fourth-order valence-electron chi connectivity index (χ4n) is 4.51. The lowest BCUT2D eigenvalue weighted by molar-refractivity contribution is -0.238. The van der Waals surface area contributed by atoms with Gasteiger partial charge in [-0.3, -0.25) is 4.55 Å². The zero-order chi connectivity index (χ0) is 23.7. The third kappa shape index (κ3) is 3.51. The van der Waals surface area contributed by atoms with Gasteiger partial charge in [-0.15, -0.1) is 0 Å². The maximum atomic E-state index is 13.9. The van der Waals surface area contributed by atoms with E-state index in [1.165, 1.54) is 0 Å². The molecule has 13 heteroatoms. The molecule has 0 amide bonds. The van der Waals surface area contributed by atoms with E-state index in [2.05, 4.69) is 4.18 Å². The highest BCUT2D eigenvalue weighted by molar-refractivity contribution is 7.88. The van der Waals surface area contributed by atoms with Crippen molar-refractivity contribution in [1.82, 2.24) is 0 Å². The van der Waals surface area contributed by atoms with Crippen LogP contribution in [0.2, 0.25) is 0 Å². The van der Waals surface area contributed by atoms with Crippen LogP contribution in [-0.4, -0.2) is 44.2 Å². The summed E-state index contributed by atoms with van der Waals surface area (Å²) in [4.78, 5) is 0. The normalized spacial score (nSPS) is 24.0. The Labute approximate surface area is 179 Å². The van der Waals surface area contributed by atoms with E-state index in [4.69, 9.17) is 4.55 Å². The lowest BCUT2D eigenvalue weighted by atomic mass is 9.63. The summed E-state index contributed by atoms with van der Waals surface area (Å²) in [6.45, 7) is 0. The molecule has 2 atom stereocenters. The molecule has 0 heterocycles. The largest absolute Gasteiger partial charge is 0.423 e. The lowest BCUT2D eigenvalue weighted by Gasteiger charge is -2.44. The van der Waals surface area contributed by atoms with Crippen molar-refractivity contribution in [1.29, 1.82) is 0 Å². The van der Waals surface area contributed by atoms with Gasteiger partial charge in [-0.05, 0) is 28.7 Å². The maximum absolute atomic E-state index is 13.9. The van der Waals surface area contributed by atoms with E-state index in [0.717, 1.165) is 11.1 Å². The molecule has 0 spiro atoms. The van der Waals surface area contributed by atoms with Gasteiger partial charge in [0.2, 0.25) is 0 Å². The molecule has 0 saturated carbocycles. The molecule has 2 aromatic rings. The average molecular weight is 498 g/mol. The first-order chi connectivity index (χ1) is 14.7. The first-order valence-electron chi connectivity index (χ1n) is 9.17. The summed E-state index contributed by atoms with van der Waals surface area (Å²) in [7, 11) is -12.0. The zero-order valence-electron chi connectivity index (χ0n) is 15.8. The molecule has 3 aliphatic rings. The first-order valence-corrected chi connectivity index (χ1v) is 12.1. The van der Waals surface area contributed by atoms with E-state index in [0.29, 0.717) is 11.1 Å². The van der Waals surface area contributed by atoms with Gasteiger partial charge in [-0.25, -0.2) is 4.18 Å². The van der Waals surface area contributed by atoms with Crippen LogP contribution in [0.15, 0.2) is 48.5 Å². The molecule has 0 radical (unpaired) electrons. The molecular weight excluding hydrogens is 483 g/mol. The van der Waals surface area contributed by atoms with Crippen molar-refractivity contribution in [3.63, 3.8) is 0 Å². The van der Waals surface area contributed by atoms with E-state index >= 15 is 0 Å². The standard InChI is InChI=1S/C19H15F5O6S2/c20-18(21,22)17(19(23,24)32(27,28)29)30-31(25,26)15-9-14-10-5-1-3-7-12(10)16(15)13-8-4-2-6-11(13)14/h1-8,14-17H,9H2,(H,27,28,29). The molecule has 32 heavy (non-hydrogen) atoms. The molecule has 3 aliphatic carbocycles. The van der Waals surface area contributed by atoms with Gasteiger partial charge in [0, 0.05) is 11.8 Å². The van der Waals surface area contributed by atoms with Crippen molar-refractivity contribution in [2.45, 2.75) is 41.0 Å². The van der Waals surface area contributed by atoms with E-state index in [-0.39, 0.29) is 6.42 Å². The molecular formula is C19H15F5O6S2. The number of fused-ring (bicyclic) bond motifs is 1. The maximum Gasteiger partial charge on any atom is 0.423 e. The molecule has 0 fully saturated rings. The minimum absolute atomic E-state index is 0.247. The fourth-order valence-corrected chi connectivity index (χ4v) is 6.72. The van der Waals surface area contributed by atoms with Crippen LogP contribution in [0.5, 0.6) is 0 Å². The predicted octanol–water partition coefficient (Wildman–Crippen LogP) is 3.79. The lowest BCUT2D eigenvalue weighted by Crippen LogP contribution is -2.54. The quantitative estimate of drug-likeness (QED) is 0.383. The van der Waals surface area contributed by atoms with Crippen molar-refractivity contribution in [3.8, 4) is 0 Å². The summed E-state index contributed by atoms with van der Waals surface area (Å²) < 4.78 is 128. The number of benzene rings is 2. The van der Waals surface area contributed by atoms with Crippen LogP contribution in [0.3, 0.4) is 0 Å². The van der Waals surface area contributed by atoms with Gasteiger partial charge in [0.15, 0.2) is 0 Å². The summed E-state index contributed by atoms with van der Waals surface area (Å²) >= 11 is 0. The summed E-state index contributed by atoms with van der Waals surface area (Å²) in [6, 6.07) is 13.3. The Bertz CT molecular complexity index is 1230. The molecule has 6 nitrogen and oxygen atoms in total. The summed E-state index contributed by atoms with van der Waals surface area (Å²) in [6.07, 6.45) is -11.0. The van der Waals surface area contributed by atoms with Crippen molar-refractivity contribution in [2.75, 3.05) is 0 Å². The number of alkyl halides is 5. The highest BCUT2D eigenvalue weighted by Gasteiger charge is 2.67. The number of rotatable bonds is 5. The van der Waals surface area contributed by atoms with Gasteiger partial charge in [-0.2, -0.15) is 38.8 Å². The molecule has 174 valence electrons. The second-order valence-electron chi connectivity index (χ2n) is 7.61. The minimum Gasteiger partial charge on any atom is -0.281 e. The van der Waals surface area contributed by atoms with E-state index in [9.17, 15) is 38.8 Å². The first kappa shape index (κ1) is 23.1. The van der Waals surface area contributed by atoms with Gasteiger partial charge in [0.1, 0.15) is 0 Å². The Kier molecular flexibility index (Phi) is 5.20. The highest BCUT2D eigenvalue weighted by atomic mass is 32.2. The summed E-state index contributed by atoms with van der Waals surface area (Å²) in [5.41, 5.74) is 2.53. The molecule has 2 bridgehead atoms. The predicted molar refractivity (Wildman–Crippen MR) is 101 cm³/mol. The van der Waals surface area contributed by atoms with E-state index in [1.54, 1.807) is 48.5 Å². The van der Waals surface area contributed by atoms with E-state index < -0.39 is 54.9 Å². The van der Waals surface area contributed by atoms with Crippen LogP contribution in [-0.2, 0) is 24.4 Å². The third-order valence-electron chi connectivity index (χ3n) is 5.80. The molecule has 1 N–H and O–H groups in total. The monoisotopic (exact) mass is 498 g/mol. The second-order valence-corrected chi connectivity index (χ2v) is 10.9. The Balaban J connectivity index is 1.80. The van der Waals surface area contributed by atoms with Crippen LogP contribution in [0.25, 0.3) is 0 Å². The van der Waals surface area contributed by atoms with Crippen LogP contribution in [0, 0.1) is 0 Å². The van der Waals surface area contributed by atoms with Crippen molar-refractivity contribution >= 4 is 20.2 Å². The summed E-state index contributed by atoms with van der Waals surface area (Å²) in [5, 5.41) is -7.62. The topological polar surface area (TPSA) is 97.7 Å². The van der Waals surface area contributed by atoms with Gasteiger partial charge in [-0.1, -0.05) is 48.5 Å². The molecule has 0 aromatic heterocycles. The molecule has 2 unspecified atom stereocenters. The average Bonchev–Trinajstić information content (AvgIpc) is 2.70. The van der Waals surface area contributed by atoms with Gasteiger partial charge in [0.05, 0.1) is 5.25 Å². The van der Waals surface area contributed by atoms with Gasteiger partial charge >= 0.3 is 21.5 Å². The second kappa shape index (κ2) is 7.20. The third-order valence-corrected chi connectivity index (χ3v) is 8.37. The van der Waals surface area contributed by atoms with Crippen LogP contribution in [0.4, 0.5) is 22.0 Å². The minimum atomic E-state index is -6.64. The highest BCUT2D eigenvalue weighted by Crippen LogP contribution is 2.55. The number of hydrogen-bond acceptors (Lipinski definition) is 5. The van der Waals surface area contributed by atoms with E-state index in [1.807, 2.05) is 0 Å². The van der Waals surface area contributed by atoms with Crippen LogP contribution < -0.4 is 0 Å². The van der Waals surface area contributed by atoms with Crippen molar-refractivity contribution in [2.24, 2.45) is 0 Å². The Morgan fingerprint density at radius 3 is 1.69 bits per heavy atom. The molecule has 0 saturated heterocycles. The fraction of sp³-hybridized carbons (Fsp3) is 0.368. The SMILES string of the molecule is O=S(=O)(OC(C(F)(F)F)C(F)(F)S(=O)(=O)O)C1CC2c3ccccc3C1c1ccccc12. The van der Waals surface area contributed by atoms with Crippen molar-refractivity contribution in [3.05, 3.63) is 70.8 Å². The van der Waals surface area contributed by atoms with Crippen molar-refractivity contribution < 1.29 is 47.5 Å². The van der Waals surface area contributed by atoms with Gasteiger partial charge in [0.25, 0.3) is 16.2 Å². The molecule has 2 aromatic carbocycles.